The van der Waals surface area contributed by atoms with E-state index in [0.29, 0.717) is 5.69 Å². The number of hydrogen-bond donors (Lipinski definition) is 1. The van der Waals surface area contributed by atoms with E-state index in [-0.39, 0.29) is 0 Å². The van der Waals surface area contributed by atoms with Gasteiger partial charge in [0.2, 0.25) is 0 Å². The number of carbonyl (C=O) groups excluding carboxylic acids is 1. The number of furan rings is 1. The third-order valence-electron chi connectivity index (χ3n) is 2.40. The Bertz CT molecular complexity index is 600. The fourth-order valence-electron chi connectivity index (χ4n) is 1.65. The van der Waals surface area contributed by atoms with E-state index < -0.39 is 11.7 Å². The van der Waals surface area contributed by atoms with Crippen molar-refractivity contribution < 1.29 is 13.9 Å². The zero-order chi connectivity index (χ0) is 14.8. The van der Waals surface area contributed by atoms with Crippen LogP contribution in [0.15, 0.2) is 45.5 Å². The van der Waals surface area contributed by atoms with Crippen LogP contribution in [0.25, 0.3) is 11.3 Å². The lowest BCUT2D eigenvalue weighted by molar-refractivity contribution is 0.0636. The van der Waals surface area contributed by atoms with Gasteiger partial charge in [-0.2, -0.15) is 0 Å². The summed E-state index contributed by atoms with van der Waals surface area (Å²) < 4.78 is 11.5. The fraction of sp³-hybridized carbons (Fsp3) is 0.267. The average molecular weight is 338 g/mol. The predicted molar refractivity (Wildman–Crippen MR) is 81.7 cm³/mol. The molecule has 1 heterocycles. The van der Waals surface area contributed by atoms with Crippen molar-refractivity contribution in [3.8, 4) is 11.3 Å². The average Bonchev–Trinajstić information content (AvgIpc) is 2.82. The van der Waals surface area contributed by atoms with Gasteiger partial charge in [0.15, 0.2) is 0 Å². The molecule has 1 amide bonds. The summed E-state index contributed by atoms with van der Waals surface area (Å²) in [5.41, 5.74) is 0.987. The summed E-state index contributed by atoms with van der Waals surface area (Å²) in [6, 6.07) is 9.14. The Morgan fingerprint density at radius 3 is 2.65 bits per heavy atom. The van der Waals surface area contributed by atoms with Crippen molar-refractivity contribution in [3.63, 3.8) is 0 Å². The lowest BCUT2D eigenvalue weighted by atomic mass is 10.1. The fourth-order valence-corrected chi connectivity index (χ4v) is 2.09. The van der Waals surface area contributed by atoms with Gasteiger partial charge in [0.1, 0.15) is 11.4 Å². The molecule has 0 saturated carbocycles. The third-order valence-corrected chi connectivity index (χ3v) is 3.09. The van der Waals surface area contributed by atoms with Crippen molar-refractivity contribution in [2.24, 2.45) is 0 Å². The maximum Gasteiger partial charge on any atom is 0.412 e. The monoisotopic (exact) mass is 337 g/mol. The molecule has 20 heavy (non-hydrogen) atoms. The number of hydrogen-bond acceptors (Lipinski definition) is 3. The van der Waals surface area contributed by atoms with Gasteiger partial charge in [-0.3, -0.25) is 5.32 Å². The molecule has 1 aromatic carbocycles. The van der Waals surface area contributed by atoms with Gasteiger partial charge in [0.25, 0.3) is 0 Å². The van der Waals surface area contributed by atoms with Crippen molar-refractivity contribution in [1.29, 1.82) is 0 Å². The lowest BCUT2D eigenvalue weighted by Crippen LogP contribution is -2.27. The highest BCUT2D eigenvalue weighted by Gasteiger charge is 2.16. The second kappa shape index (κ2) is 5.71. The van der Waals surface area contributed by atoms with Gasteiger partial charge >= 0.3 is 6.09 Å². The largest absolute Gasteiger partial charge is 0.464 e. The van der Waals surface area contributed by atoms with E-state index in [1.54, 1.807) is 12.3 Å². The third kappa shape index (κ3) is 3.87. The highest BCUT2D eigenvalue weighted by atomic mass is 79.9. The van der Waals surface area contributed by atoms with Crippen molar-refractivity contribution in [2.45, 2.75) is 26.4 Å². The molecule has 0 atom stereocenters. The number of nitrogens with one attached hydrogen (secondary N) is 1. The second-order valence-corrected chi connectivity index (χ2v) is 6.15. The lowest BCUT2D eigenvalue weighted by Gasteiger charge is -2.19. The van der Waals surface area contributed by atoms with E-state index in [9.17, 15) is 4.79 Å². The van der Waals surface area contributed by atoms with Crippen LogP contribution in [0.3, 0.4) is 0 Å². The molecule has 0 radical (unpaired) electrons. The molecule has 2 rings (SSSR count). The summed E-state index contributed by atoms with van der Waals surface area (Å²) in [6.07, 6.45) is 1.13. The van der Waals surface area contributed by atoms with Crippen LogP contribution >= 0.6 is 15.9 Å². The van der Waals surface area contributed by atoms with Gasteiger partial charge in [0.05, 0.1) is 6.26 Å². The molecule has 0 aliphatic heterocycles. The summed E-state index contributed by atoms with van der Waals surface area (Å²) in [4.78, 5) is 11.7. The summed E-state index contributed by atoms with van der Waals surface area (Å²) in [5.74, 6) is 0.727. The van der Waals surface area contributed by atoms with Crippen LogP contribution < -0.4 is 5.32 Å². The highest BCUT2D eigenvalue weighted by molar-refractivity contribution is 9.10. The molecule has 2 aromatic rings. The maximum atomic E-state index is 11.7. The Labute approximate surface area is 126 Å². The van der Waals surface area contributed by atoms with E-state index in [1.807, 2.05) is 45.0 Å². The van der Waals surface area contributed by atoms with Gasteiger partial charge in [0, 0.05) is 15.7 Å². The molecule has 106 valence electrons. The molecular formula is C15H16BrNO3. The van der Waals surface area contributed by atoms with Crippen molar-refractivity contribution >= 4 is 27.7 Å². The normalized spacial score (nSPS) is 11.2. The zero-order valence-corrected chi connectivity index (χ0v) is 13.2. The van der Waals surface area contributed by atoms with Crippen molar-refractivity contribution in [3.05, 3.63) is 41.1 Å². The summed E-state index contributed by atoms with van der Waals surface area (Å²) in [5, 5.41) is 2.70. The molecule has 5 heteroatoms. The maximum absolute atomic E-state index is 11.7. The number of anilines is 1. The number of rotatable bonds is 2. The van der Waals surface area contributed by atoms with E-state index in [1.165, 1.54) is 0 Å². The molecular weight excluding hydrogens is 322 g/mol. The molecule has 0 spiro atoms. The van der Waals surface area contributed by atoms with E-state index in [2.05, 4.69) is 21.2 Å². The Balaban J connectivity index is 2.18. The molecule has 0 aliphatic rings. The number of amides is 1. The first-order valence-electron chi connectivity index (χ1n) is 6.18. The number of halogens is 1. The summed E-state index contributed by atoms with van der Waals surface area (Å²) in [6.45, 7) is 5.47. The van der Waals surface area contributed by atoms with E-state index in [4.69, 9.17) is 9.15 Å². The smallest absolute Gasteiger partial charge is 0.412 e. The molecule has 0 unspecified atom stereocenters. The minimum atomic E-state index is -0.525. The Morgan fingerprint density at radius 2 is 2.05 bits per heavy atom. The van der Waals surface area contributed by atoms with Crippen molar-refractivity contribution in [1.82, 2.24) is 0 Å². The summed E-state index contributed by atoms with van der Waals surface area (Å²) in [7, 11) is 0. The SMILES string of the molecule is CC(C)(C)OC(=O)Nc1ccc(Br)c(-c2ccco2)c1. The molecule has 0 aliphatic carbocycles. The second-order valence-electron chi connectivity index (χ2n) is 5.30. The first kappa shape index (κ1) is 14.7. The van der Waals surface area contributed by atoms with Crippen LogP contribution in [-0.2, 0) is 4.74 Å². The van der Waals surface area contributed by atoms with Gasteiger partial charge in [-0.1, -0.05) is 15.9 Å². The Morgan fingerprint density at radius 1 is 1.30 bits per heavy atom. The topological polar surface area (TPSA) is 51.5 Å². The van der Waals surface area contributed by atoms with E-state index >= 15 is 0 Å². The summed E-state index contributed by atoms with van der Waals surface area (Å²) >= 11 is 3.46. The molecule has 1 N–H and O–H groups in total. The molecule has 1 aromatic heterocycles. The van der Waals surface area contributed by atoms with Crippen LogP contribution in [0.2, 0.25) is 0 Å². The van der Waals surface area contributed by atoms with Crippen LogP contribution in [0.1, 0.15) is 20.8 Å². The van der Waals surface area contributed by atoms with E-state index in [0.717, 1.165) is 15.8 Å². The molecule has 0 bridgehead atoms. The first-order valence-corrected chi connectivity index (χ1v) is 6.98. The van der Waals surface area contributed by atoms with Crippen molar-refractivity contribution in [2.75, 3.05) is 5.32 Å². The predicted octanol–water partition coefficient (Wildman–Crippen LogP) is 5.06. The van der Waals surface area contributed by atoms with Crippen LogP contribution in [-0.4, -0.2) is 11.7 Å². The van der Waals surface area contributed by atoms with Crippen LogP contribution in [0.5, 0.6) is 0 Å². The first-order chi connectivity index (χ1) is 9.35. The minimum Gasteiger partial charge on any atom is -0.464 e. The Hall–Kier alpha value is -1.75. The number of benzene rings is 1. The highest BCUT2D eigenvalue weighted by Crippen LogP contribution is 2.31. The molecule has 0 fully saturated rings. The van der Waals surface area contributed by atoms with Crippen LogP contribution in [0.4, 0.5) is 10.5 Å². The Kier molecular flexibility index (Phi) is 4.18. The minimum absolute atomic E-state index is 0.481. The van der Waals surface area contributed by atoms with Gasteiger partial charge in [-0.05, 0) is 51.1 Å². The number of ether oxygens (including phenoxy) is 1. The quantitative estimate of drug-likeness (QED) is 0.833. The van der Waals surface area contributed by atoms with Gasteiger partial charge < -0.3 is 9.15 Å². The molecule has 4 nitrogen and oxygen atoms in total. The van der Waals surface area contributed by atoms with Crippen LogP contribution in [0, 0.1) is 0 Å². The van der Waals surface area contributed by atoms with Gasteiger partial charge in [-0.15, -0.1) is 0 Å². The zero-order valence-electron chi connectivity index (χ0n) is 11.6. The number of carbonyl (C=O) groups is 1. The van der Waals surface area contributed by atoms with Gasteiger partial charge in [-0.25, -0.2) is 4.79 Å². The standard InChI is InChI=1S/C15H16BrNO3/c1-15(2,3)20-14(18)17-10-6-7-12(16)11(9-10)13-5-4-8-19-13/h4-9H,1-3H3,(H,17,18). The molecule has 0 saturated heterocycles.